The molecule has 0 rings (SSSR count). The first kappa shape index (κ1) is 10.9. The number of carbonyl (C=O) groups excluding carboxylic acids is 1. The average molecular weight is 267 g/mol. The van der Waals surface area contributed by atoms with Gasteiger partial charge in [-0.25, -0.2) is 0 Å². The number of halogens is 1. The fourth-order valence-corrected chi connectivity index (χ4v) is 1.66. The van der Waals surface area contributed by atoms with Crippen LogP contribution in [-0.4, -0.2) is 28.3 Å². The first-order chi connectivity index (χ1) is 4.91. The van der Waals surface area contributed by atoms with E-state index in [4.69, 9.17) is 0 Å². The summed E-state index contributed by atoms with van der Waals surface area (Å²) in [6, 6.07) is 0. The van der Waals surface area contributed by atoms with Crippen molar-refractivity contribution >= 4 is 28.5 Å². The number of allylic oxidation sites excluding steroid dienone is 1. The van der Waals surface area contributed by atoms with Gasteiger partial charge in [-0.3, -0.25) is 4.79 Å². The molecule has 0 bridgehead atoms. The van der Waals surface area contributed by atoms with E-state index in [1.54, 1.807) is 19.0 Å². The van der Waals surface area contributed by atoms with Gasteiger partial charge in [0.1, 0.15) is 3.42 Å². The third-order valence-electron chi connectivity index (χ3n) is 1.30. The van der Waals surface area contributed by atoms with E-state index in [1.807, 2.05) is 26.0 Å². The molecule has 0 aliphatic carbocycles. The van der Waals surface area contributed by atoms with Gasteiger partial charge < -0.3 is 4.90 Å². The summed E-state index contributed by atoms with van der Waals surface area (Å²) in [4.78, 5) is 13.0. The average Bonchev–Trinajstić information content (AvgIpc) is 1.86. The fraction of sp³-hybridized carbons (Fsp3) is 0.625. The van der Waals surface area contributed by atoms with Gasteiger partial charge in [0.25, 0.3) is 0 Å². The summed E-state index contributed by atoms with van der Waals surface area (Å²) in [5.74, 6) is 0.121. The van der Waals surface area contributed by atoms with Crippen molar-refractivity contribution in [3.8, 4) is 0 Å². The molecule has 1 amide bonds. The van der Waals surface area contributed by atoms with Crippen LogP contribution < -0.4 is 0 Å². The van der Waals surface area contributed by atoms with Gasteiger partial charge in [-0.15, -0.1) is 0 Å². The lowest BCUT2D eigenvalue weighted by Gasteiger charge is -2.21. The van der Waals surface area contributed by atoms with Crippen molar-refractivity contribution in [1.29, 1.82) is 0 Å². The van der Waals surface area contributed by atoms with Crippen molar-refractivity contribution in [2.45, 2.75) is 17.3 Å². The molecule has 2 nitrogen and oxygen atoms in total. The molecule has 0 aliphatic rings. The maximum atomic E-state index is 11.4. The minimum Gasteiger partial charge on any atom is -0.347 e. The van der Waals surface area contributed by atoms with Crippen molar-refractivity contribution in [3.63, 3.8) is 0 Å². The van der Waals surface area contributed by atoms with Crippen molar-refractivity contribution in [3.05, 3.63) is 12.2 Å². The molecule has 0 spiro atoms. The topological polar surface area (TPSA) is 20.3 Å². The molecule has 0 fully saturated rings. The van der Waals surface area contributed by atoms with Gasteiger partial charge in [0.05, 0.1) is 0 Å². The minimum absolute atomic E-state index is 0.121. The molecule has 64 valence electrons. The Hall–Kier alpha value is -0.0600. The molecule has 0 heterocycles. The van der Waals surface area contributed by atoms with E-state index in [1.165, 1.54) is 0 Å². The highest BCUT2D eigenvalue weighted by atomic mass is 127. The third-order valence-corrected chi connectivity index (χ3v) is 2.13. The Morgan fingerprint density at radius 3 is 2.27 bits per heavy atom. The summed E-state index contributed by atoms with van der Waals surface area (Å²) in [6.45, 7) is 3.82. The molecule has 0 aromatic carbocycles. The van der Waals surface area contributed by atoms with E-state index in [0.717, 1.165) is 0 Å². The Morgan fingerprint density at radius 1 is 1.55 bits per heavy atom. The lowest BCUT2D eigenvalue weighted by molar-refractivity contribution is -0.129. The molecule has 0 radical (unpaired) electrons. The summed E-state index contributed by atoms with van der Waals surface area (Å²) in [5.41, 5.74) is 0. The number of nitrogens with zero attached hydrogens (tertiary/aromatic N) is 1. The van der Waals surface area contributed by atoms with E-state index < -0.39 is 3.42 Å². The molecule has 1 unspecified atom stereocenters. The molecular formula is C8H14INO. The Kier molecular flexibility index (Phi) is 4.07. The summed E-state index contributed by atoms with van der Waals surface area (Å²) in [6.07, 6.45) is 3.80. The molecule has 0 aliphatic heterocycles. The Bertz CT molecular complexity index is 173. The van der Waals surface area contributed by atoms with Crippen molar-refractivity contribution in [2.75, 3.05) is 14.1 Å². The van der Waals surface area contributed by atoms with Crippen LogP contribution in [0.15, 0.2) is 12.2 Å². The molecule has 1 atom stereocenters. The maximum Gasteiger partial charge on any atom is 0.241 e. The SMILES string of the molecule is C/C=C\C(C)(I)C(=O)N(C)C. The zero-order chi connectivity index (χ0) is 9.07. The van der Waals surface area contributed by atoms with Gasteiger partial charge >= 0.3 is 0 Å². The second kappa shape index (κ2) is 4.09. The lowest BCUT2D eigenvalue weighted by atomic mass is 10.1. The van der Waals surface area contributed by atoms with Crippen molar-refractivity contribution < 1.29 is 4.79 Å². The smallest absolute Gasteiger partial charge is 0.241 e. The van der Waals surface area contributed by atoms with Crippen LogP contribution in [0.1, 0.15) is 13.8 Å². The number of hydrogen-bond acceptors (Lipinski definition) is 1. The normalized spacial score (nSPS) is 16.5. The van der Waals surface area contributed by atoms with Crippen molar-refractivity contribution in [2.24, 2.45) is 0 Å². The highest BCUT2D eigenvalue weighted by molar-refractivity contribution is 14.1. The Morgan fingerprint density at radius 2 is 2.00 bits per heavy atom. The molecule has 0 N–H and O–H groups in total. The maximum absolute atomic E-state index is 11.4. The van der Waals surface area contributed by atoms with Gasteiger partial charge in [0.15, 0.2) is 0 Å². The fourth-order valence-electron chi connectivity index (χ4n) is 0.822. The highest BCUT2D eigenvalue weighted by Gasteiger charge is 2.27. The van der Waals surface area contributed by atoms with E-state index >= 15 is 0 Å². The van der Waals surface area contributed by atoms with E-state index in [-0.39, 0.29) is 5.91 Å². The van der Waals surface area contributed by atoms with Crippen LogP contribution in [0.25, 0.3) is 0 Å². The monoisotopic (exact) mass is 267 g/mol. The number of hydrogen-bond donors (Lipinski definition) is 0. The van der Waals surface area contributed by atoms with Gasteiger partial charge in [-0.05, 0) is 13.8 Å². The lowest BCUT2D eigenvalue weighted by Crippen LogP contribution is -2.37. The van der Waals surface area contributed by atoms with Gasteiger partial charge in [-0.2, -0.15) is 0 Å². The van der Waals surface area contributed by atoms with Gasteiger partial charge in [0.2, 0.25) is 5.91 Å². The zero-order valence-electron chi connectivity index (χ0n) is 7.39. The molecule has 0 saturated heterocycles. The largest absolute Gasteiger partial charge is 0.347 e. The van der Waals surface area contributed by atoms with Crippen LogP contribution in [0.5, 0.6) is 0 Å². The Balaban J connectivity index is 4.42. The van der Waals surface area contributed by atoms with Crippen LogP contribution in [0, 0.1) is 0 Å². The molecule has 0 aromatic rings. The number of amides is 1. The quantitative estimate of drug-likeness (QED) is 0.425. The first-order valence-corrected chi connectivity index (χ1v) is 4.54. The zero-order valence-corrected chi connectivity index (χ0v) is 9.55. The summed E-state index contributed by atoms with van der Waals surface area (Å²) in [7, 11) is 3.53. The van der Waals surface area contributed by atoms with Crippen LogP contribution in [0.3, 0.4) is 0 Å². The predicted molar refractivity (Wildman–Crippen MR) is 55.9 cm³/mol. The molecule has 0 saturated carbocycles. The molecular weight excluding hydrogens is 253 g/mol. The predicted octanol–water partition coefficient (Wildman–Crippen LogP) is 1.84. The van der Waals surface area contributed by atoms with Crippen LogP contribution >= 0.6 is 22.6 Å². The van der Waals surface area contributed by atoms with Crippen LogP contribution in [0.4, 0.5) is 0 Å². The Labute approximate surface area is 81.8 Å². The molecule has 11 heavy (non-hydrogen) atoms. The van der Waals surface area contributed by atoms with E-state index in [0.29, 0.717) is 0 Å². The van der Waals surface area contributed by atoms with E-state index in [2.05, 4.69) is 22.6 Å². The minimum atomic E-state index is -0.393. The number of alkyl halides is 1. The first-order valence-electron chi connectivity index (χ1n) is 3.46. The van der Waals surface area contributed by atoms with Gasteiger partial charge in [-0.1, -0.05) is 34.7 Å². The van der Waals surface area contributed by atoms with Crippen LogP contribution in [-0.2, 0) is 4.79 Å². The summed E-state index contributed by atoms with van der Waals surface area (Å²) < 4.78 is -0.393. The third kappa shape index (κ3) is 3.22. The summed E-state index contributed by atoms with van der Waals surface area (Å²) in [5, 5.41) is 0. The summed E-state index contributed by atoms with van der Waals surface area (Å²) >= 11 is 2.14. The second-order valence-corrected chi connectivity index (χ2v) is 5.02. The van der Waals surface area contributed by atoms with Crippen molar-refractivity contribution in [1.82, 2.24) is 4.90 Å². The number of carbonyl (C=O) groups is 1. The van der Waals surface area contributed by atoms with E-state index in [9.17, 15) is 4.79 Å². The van der Waals surface area contributed by atoms with Crippen LogP contribution in [0.2, 0.25) is 0 Å². The molecule has 3 heteroatoms. The van der Waals surface area contributed by atoms with Gasteiger partial charge in [0, 0.05) is 14.1 Å². The second-order valence-electron chi connectivity index (χ2n) is 2.78. The highest BCUT2D eigenvalue weighted by Crippen LogP contribution is 2.21. The standard InChI is InChI=1S/C8H14INO/c1-5-6-8(2,9)7(11)10(3)4/h5-6H,1-4H3/b6-5-. The number of rotatable bonds is 2. The molecule has 0 aromatic heterocycles.